The number of carbonyl (C=O) groups excluding carboxylic acids is 2. The van der Waals surface area contributed by atoms with Gasteiger partial charge in [0.05, 0.1) is 12.7 Å². The van der Waals surface area contributed by atoms with Crippen molar-refractivity contribution in [1.29, 1.82) is 0 Å². The van der Waals surface area contributed by atoms with Crippen LogP contribution in [0.1, 0.15) is 52.4 Å². The Morgan fingerprint density at radius 1 is 1.21 bits per heavy atom. The van der Waals surface area contributed by atoms with E-state index in [2.05, 4.69) is 22.5 Å². The van der Waals surface area contributed by atoms with Gasteiger partial charge in [-0.15, -0.1) is 0 Å². The highest BCUT2D eigenvalue weighted by Crippen LogP contribution is 2.30. The van der Waals surface area contributed by atoms with Crippen LogP contribution in [-0.2, 0) is 9.53 Å². The van der Waals surface area contributed by atoms with Gasteiger partial charge in [-0.05, 0) is 45.1 Å². The molecule has 6 heteroatoms. The Morgan fingerprint density at radius 3 is 2.71 bits per heavy atom. The van der Waals surface area contributed by atoms with Crippen LogP contribution in [0, 0.1) is 11.8 Å². The minimum absolute atomic E-state index is 0.159. The molecule has 24 heavy (non-hydrogen) atoms. The maximum Gasteiger partial charge on any atom is 0.322 e. The minimum Gasteiger partial charge on any atom is -0.377 e. The zero-order valence-corrected chi connectivity index (χ0v) is 15.0. The quantitative estimate of drug-likeness (QED) is 0.752. The van der Waals surface area contributed by atoms with Gasteiger partial charge in [0.1, 0.15) is 5.54 Å². The Bertz CT molecular complexity index is 484. The summed E-state index contributed by atoms with van der Waals surface area (Å²) in [5.41, 5.74) is -0.769. The van der Waals surface area contributed by atoms with Gasteiger partial charge in [-0.1, -0.05) is 19.8 Å². The lowest BCUT2D eigenvalue weighted by Crippen LogP contribution is -2.56. The molecule has 136 valence electrons. The lowest BCUT2D eigenvalue weighted by Gasteiger charge is -2.39. The number of likely N-dealkylation sites (tertiary alicyclic amines) is 1. The van der Waals surface area contributed by atoms with Crippen LogP contribution in [-0.4, -0.2) is 54.7 Å². The van der Waals surface area contributed by atoms with Crippen molar-refractivity contribution in [3.8, 4) is 0 Å². The topological polar surface area (TPSA) is 70.7 Å². The predicted octanol–water partition coefficient (Wildman–Crippen LogP) is 1.89. The Morgan fingerprint density at radius 2 is 2.00 bits per heavy atom. The fourth-order valence-electron chi connectivity index (χ4n) is 4.44. The third kappa shape index (κ3) is 3.75. The van der Waals surface area contributed by atoms with Crippen LogP contribution < -0.4 is 10.6 Å². The summed E-state index contributed by atoms with van der Waals surface area (Å²) in [6.07, 6.45) is 7.54. The summed E-state index contributed by atoms with van der Waals surface area (Å²) in [5, 5.41) is 5.20. The van der Waals surface area contributed by atoms with E-state index in [0.717, 1.165) is 39.1 Å². The molecule has 4 atom stereocenters. The molecule has 1 aliphatic carbocycles. The number of piperidine rings is 1. The monoisotopic (exact) mass is 337 g/mol. The van der Waals surface area contributed by atoms with E-state index in [1.54, 1.807) is 0 Å². The van der Waals surface area contributed by atoms with Crippen LogP contribution in [0.25, 0.3) is 0 Å². The highest BCUT2D eigenvalue weighted by molar-refractivity contribution is 6.06. The zero-order valence-electron chi connectivity index (χ0n) is 15.0. The van der Waals surface area contributed by atoms with Crippen molar-refractivity contribution in [2.45, 2.75) is 64.0 Å². The van der Waals surface area contributed by atoms with Crippen molar-refractivity contribution in [1.82, 2.24) is 15.5 Å². The Hall–Kier alpha value is -1.14. The van der Waals surface area contributed by atoms with Gasteiger partial charge in [-0.25, -0.2) is 4.79 Å². The molecular formula is C18H31N3O3. The first-order valence-electron chi connectivity index (χ1n) is 9.46. The highest BCUT2D eigenvalue weighted by atomic mass is 16.5. The number of carbonyl (C=O) groups is 2. The van der Waals surface area contributed by atoms with E-state index in [1.165, 1.54) is 25.7 Å². The lowest BCUT2D eigenvalue weighted by molar-refractivity contribution is -0.126. The molecule has 0 radical (unpaired) electrons. The molecule has 0 aromatic rings. The SMILES string of the molecule is C[C@@H]1CCCC[C@@H]1OCCN1CCC[C@@H]([C@]2(C)NC(=O)NC2=O)C1. The third-order valence-electron chi connectivity index (χ3n) is 6.17. The average molecular weight is 337 g/mol. The molecule has 0 aromatic carbocycles. The molecule has 3 amide bonds. The number of urea groups is 1. The second-order valence-electron chi connectivity index (χ2n) is 7.92. The van der Waals surface area contributed by atoms with E-state index in [4.69, 9.17) is 4.74 Å². The van der Waals surface area contributed by atoms with E-state index in [0.29, 0.717) is 12.0 Å². The molecular weight excluding hydrogens is 306 g/mol. The normalized spacial score (nSPS) is 38.0. The molecule has 3 fully saturated rings. The van der Waals surface area contributed by atoms with E-state index in [1.807, 2.05) is 6.92 Å². The van der Waals surface area contributed by atoms with Gasteiger partial charge in [0.15, 0.2) is 0 Å². The van der Waals surface area contributed by atoms with Crippen molar-refractivity contribution in [2.24, 2.45) is 11.8 Å². The summed E-state index contributed by atoms with van der Waals surface area (Å²) in [6, 6.07) is -0.366. The first kappa shape index (κ1) is 17.7. The number of amides is 3. The standard InChI is InChI=1S/C18H31N3O3/c1-13-6-3-4-8-15(13)24-11-10-21-9-5-7-14(12-21)18(2)16(22)19-17(23)20-18/h13-15H,3-12H2,1-2H3,(H2,19,20,22,23)/t13-,14-,15+,18+/m1/s1. The molecule has 3 rings (SSSR count). The second kappa shape index (κ2) is 7.40. The number of rotatable bonds is 5. The molecule has 6 nitrogen and oxygen atoms in total. The van der Waals surface area contributed by atoms with E-state index >= 15 is 0 Å². The third-order valence-corrected chi connectivity index (χ3v) is 6.17. The lowest BCUT2D eigenvalue weighted by atomic mass is 9.80. The van der Waals surface area contributed by atoms with Gasteiger partial charge in [0.25, 0.3) is 5.91 Å². The Labute approximate surface area is 144 Å². The number of ether oxygens (including phenoxy) is 1. The minimum atomic E-state index is -0.769. The Kier molecular flexibility index (Phi) is 5.45. The average Bonchev–Trinajstić information content (AvgIpc) is 2.83. The molecule has 0 spiro atoms. The summed E-state index contributed by atoms with van der Waals surface area (Å²) in [4.78, 5) is 26.0. The van der Waals surface area contributed by atoms with Crippen molar-refractivity contribution < 1.29 is 14.3 Å². The summed E-state index contributed by atoms with van der Waals surface area (Å²) in [6.45, 7) is 7.70. The first-order valence-corrected chi connectivity index (χ1v) is 9.46. The van der Waals surface area contributed by atoms with Gasteiger partial charge >= 0.3 is 6.03 Å². The van der Waals surface area contributed by atoms with Gasteiger partial charge in [0, 0.05) is 19.0 Å². The van der Waals surface area contributed by atoms with E-state index in [-0.39, 0.29) is 17.9 Å². The van der Waals surface area contributed by atoms with Crippen LogP contribution in [0.4, 0.5) is 4.79 Å². The molecule has 0 aromatic heterocycles. The summed E-state index contributed by atoms with van der Waals surface area (Å²) < 4.78 is 6.13. The number of imide groups is 1. The molecule has 2 N–H and O–H groups in total. The van der Waals surface area contributed by atoms with Crippen LogP contribution in [0.3, 0.4) is 0 Å². The van der Waals surface area contributed by atoms with Crippen LogP contribution >= 0.6 is 0 Å². The fourth-order valence-corrected chi connectivity index (χ4v) is 4.44. The highest BCUT2D eigenvalue weighted by Gasteiger charge is 2.48. The first-order chi connectivity index (χ1) is 11.5. The van der Waals surface area contributed by atoms with E-state index in [9.17, 15) is 9.59 Å². The van der Waals surface area contributed by atoms with Gasteiger partial charge in [-0.3, -0.25) is 10.1 Å². The zero-order chi connectivity index (χ0) is 17.2. The van der Waals surface area contributed by atoms with Crippen molar-refractivity contribution in [3.63, 3.8) is 0 Å². The second-order valence-corrected chi connectivity index (χ2v) is 7.92. The number of nitrogens with zero attached hydrogens (tertiary/aromatic N) is 1. The molecule has 2 aliphatic heterocycles. The van der Waals surface area contributed by atoms with Crippen LogP contribution in [0.5, 0.6) is 0 Å². The molecule has 0 bridgehead atoms. The largest absolute Gasteiger partial charge is 0.377 e. The van der Waals surface area contributed by atoms with E-state index < -0.39 is 5.54 Å². The number of hydrogen-bond donors (Lipinski definition) is 2. The van der Waals surface area contributed by atoms with Crippen molar-refractivity contribution >= 4 is 11.9 Å². The van der Waals surface area contributed by atoms with Crippen molar-refractivity contribution in [3.05, 3.63) is 0 Å². The Balaban J connectivity index is 1.47. The number of hydrogen-bond acceptors (Lipinski definition) is 4. The molecule has 0 unspecified atom stereocenters. The maximum atomic E-state index is 12.1. The predicted molar refractivity (Wildman–Crippen MR) is 91.6 cm³/mol. The molecule has 2 saturated heterocycles. The summed E-state index contributed by atoms with van der Waals surface area (Å²) >= 11 is 0. The molecule has 3 aliphatic rings. The van der Waals surface area contributed by atoms with Crippen LogP contribution in [0.2, 0.25) is 0 Å². The molecule has 2 heterocycles. The van der Waals surface area contributed by atoms with Crippen LogP contribution in [0.15, 0.2) is 0 Å². The smallest absolute Gasteiger partial charge is 0.322 e. The summed E-state index contributed by atoms with van der Waals surface area (Å²) in [5.74, 6) is 0.641. The molecule has 1 saturated carbocycles. The van der Waals surface area contributed by atoms with Gasteiger partial charge in [0.2, 0.25) is 0 Å². The number of nitrogens with one attached hydrogen (secondary N) is 2. The van der Waals surface area contributed by atoms with Gasteiger partial charge in [-0.2, -0.15) is 0 Å². The van der Waals surface area contributed by atoms with Gasteiger partial charge < -0.3 is 15.0 Å². The fraction of sp³-hybridized carbons (Fsp3) is 0.889. The maximum absolute atomic E-state index is 12.1. The van der Waals surface area contributed by atoms with Crippen molar-refractivity contribution in [2.75, 3.05) is 26.2 Å². The summed E-state index contributed by atoms with van der Waals surface area (Å²) in [7, 11) is 0.